The van der Waals surface area contributed by atoms with Crippen molar-refractivity contribution in [1.29, 1.82) is 0 Å². The average Bonchev–Trinajstić information content (AvgIpc) is 3.14. The molecule has 1 amide bonds. The summed E-state index contributed by atoms with van der Waals surface area (Å²) in [6, 6.07) is 9.26. The van der Waals surface area contributed by atoms with E-state index in [2.05, 4.69) is 5.16 Å². The van der Waals surface area contributed by atoms with Crippen molar-refractivity contribution in [3.05, 3.63) is 47.3 Å². The number of nitrogens with zero attached hydrogens (tertiary/aromatic N) is 2. The van der Waals surface area contributed by atoms with Crippen LogP contribution in [0.1, 0.15) is 41.6 Å². The summed E-state index contributed by atoms with van der Waals surface area (Å²) in [5.74, 6) is 0.814. The van der Waals surface area contributed by atoms with Gasteiger partial charge in [0.15, 0.2) is 5.69 Å². The largest absolute Gasteiger partial charge is 0.497 e. The molecule has 1 aromatic heterocycles. The van der Waals surface area contributed by atoms with Gasteiger partial charge in [0.1, 0.15) is 11.5 Å². The molecule has 1 saturated heterocycles. The number of aryl methyl sites for hydroxylation is 1. The molecular formula is C21H26N2O5. The number of hydrogen-bond donors (Lipinski definition) is 0. The second kappa shape index (κ2) is 8.46. The molecule has 0 N–H and O–H groups in total. The number of amides is 1. The van der Waals surface area contributed by atoms with Crippen molar-refractivity contribution in [3.63, 3.8) is 0 Å². The molecule has 1 aliphatic rings. The van der Waals surface area contributed by atoms with Gasteiger partial charge < -0.3 is 18.9 Å². The van der Waals surface area contributed by atoms with E-state index >= 15 is 0 Å². The summed E-state index contributed by atoms with van der Waals surface area (Å²) in [7, 11) is 1.61. The van der Waals surface area contributed by atoms with Crippen molar-refractivity contribution in [2.45, 2.75) is 33.1 Å². The third-order valence-corrected chi connectivity index (χ3v) is 5.10. The minimum Gasteiger partial charge on any atom is -0.497 e. The van der Waals surface area contributed by atoms with Gasteiger partial charge in [-0.05, 0) is 50.8 Å². The van der Waals surface area contributed by atoms with E-state index in [4.69, 9.17) is 14.0 Å². The maximum absolute atomic E-state index is 13.0. The van der Waals surface area contributed by atoms with Crippen molar-refractivity contribution in [2.75, 3.05) is 26.8 Å². The highest BCUT2D eigenvalue weighted by Gasteiger charge is 2.45. The summed E-state index contributed by atoms with van der Waals surface area (Å²) in [6.45, 7) is 4.69. The van der Waals surface area contributed by atoms with E-state index in [9.17, 15) is 9.59 Å². The van der Waals surface area contributed by atoms with E-state index in [1.54, 1.807) is 31.9 Å². The molecule has 1 aromatic carbocycles. The molecule has 7 nitrogen and oxygen atoms in total. The van der Waals surface area contributed by atoms with Crippen LogP contribution in [-0.4, -0.2) is 48.7 Å². The summed E-state index contributed by atoms with van der Waals surface area (Å²) in [5, 5.41) is 3.83. The standard InChI is InChI=1S/C21H26N2O5/c1-4-27-20(25)21(13-16-7-5-8-17(12-16)26-3)9-6-10-23(14-21)19(24)18-11-15(2)28-22-18/h5,7-8,11-12H,4,6,9-10,13-14H2,1-3H3/t21-/m0/s1. The normalized spacial score (nSPS) is 19.3. The fourth-order valence-corrected chi connectivity index (χ4v) is 3.77. The minimum absolute atomic E-state index is 0.226. The predicted octanol–water partition coefficient (Wildman–Crippen LogP) is 3.02. The maximum Gasteiger partial charge on any atom is 0.314 e. The van der Waals surface area contributed by atoms with Crippen molar-refractivity contribution in [2.24, 2.45) is 5.41 Å². The van der Waals surface area contributed by atoms with Gasteiger partial charge in [-0.3, -0.25) is 9.59 Å². The first-order valence-electron chi connectivity index (χ1n) is 9.50. The van der Waals surface area contributed by atoms with Gasteiger partial charge in [-0.1, -0.05) is 17.3 Å². The Labute approximate surface area is 164 Å². The molecule has 0 radical (unpaired) electrons. The number of benzene rings is 1. The number of hydrogen-bond acceptors (Lipinski definition) is 6. The van der Waals surface area contributed by atoms with Crippen LogP contribution in [-0.2, 0) is 16.0 Å². The van der Waals surface area contributed by atoms with Gasteiger partial charge in [-0.25, -0.2) is 0 Å². The fraction of sp³-hybridized carbons (Fsp3) is 0.476. The molecule has 2 heterocycles. The van der Waals surface area contributed by atoms with Crippen LogP contribution in [0.15, 0.2) is 34.9 Å². The Morgan fingerprint density at radius 1 is 1.32 bits per heavy atom. The number of ether oxygens (including phenoxy) is 2. The Morgan fingerprint density at radius 2 is 2.14 bits per heavy atom. The van der Waals surface area contributed by atoms with Gasteiger partial charge in [-0.2, -0.15) is 0 Å². The molecule has 1 atom stereocenters. The van der Waals surface area contributed by atoms with Gasteiger partial charge in [0.2, 0.25) is 0 Å². The molecule has 0 bridgehead atoms. The van der Waals surface area contributed by atoms with Crippen LogP contribution in [0.3, 0.4) is 0 Å². The van der Waals surface area contributed by atoms with E-state index in [-0.39, 0.29) is 24.1 Å². The zero-order valence-electron chi connectivity index (χ0n) is 16.6. The molecule has 2 aromatic rings. The number of aromatic nitrogens is 1. The first-order valence-corrected chi connectivity index (χ1v) is 9.50. The highest BCUT2D eigenvalue weighted by atomic mass is 16.5. The van der Waals surface area contributed by atoms with Crippen LogP contribution in [0.4, 0.5) is 0 Å². The molecule has 0 aliphatic carbocycles. The van der Waals surface area contributed by atoms with E-state index < -0.39 is 5.41 Å². The SMILES string of the molecule is CCOC(=O)[C@]1(Cc2cccc(OC)c2)CCCN(C(=O)c2cc(C)on2)C1. The lowest BCUT2D eigenvalue weighted by Crippen LogP contribution is -2.51. The van der Waals surface area contributed by atoms with Crippen molar-refractivity contribution in [1.82, 2.24) is 10.1 Å². The van der Waals surface area contributed by atoms with Crippen LogP contribution in [0, 0.1) is 12.3 Å². The highest BCUT2D eigenvalue weighted by molar-refractivity contribution is 5.93. The van der Waals surface area contributed by atoms with Crippen LogP contribution in [0.2, 0.25) is 0 Å². The predicted molar refractivity (Wildman–Crippen MR) is 102 cm³/mol. The van der Waals surface area contributed by atoms with Crippen LogP contribution >= 0.6 is 0 Å². The van der Waals surface area contributed by atoms with Crippen molar-refractivity contribution < 1.29 is 23.6 Å². The van der Waals surface area contributed by atoms with Crippen LogP contribution in [0.5, 0.6) is 5.75 Å². The minimum atomic E-state index is -0.797. The summed E-state index contributed by atoms with van der Waals surface area (Å²) in [6.07, 6.45) is 1.85. The first kappa shape index (κ1) is 19.9. The molecule has 1 aliphatic heterocycles. The number of carbonyl (C=O) groups excluding carboxylic acids is 2. The van der Waals surface area contributed by atoms with Crippen LogP contribution < -0.4 is 4.74 Å². The van der Waals surface area contributed by atoms with Crippen LogP contribution in [0.25, 0.3) is 0 Å². The monoisotopic (exact) mass is 386 g/mol. The molecule has 0 spiro atoms. The number of piperidine rings is 1. The van der Waals surface area contributed by atoms with Gasteiger partial charge >= 0.3 is 5.97 Å². The first-order chi connectivity index (χ1) is 13.5. The zero-order chi connectivity index (χ0) is 20.1. The molecule has 7 heteroatoms. The maximum atomic E-state index is 13.0. The van der Waals surface area contributed by atoms with Crippen molar-refractivity contribution >= 4 is 11.9 Å². The Morgan fingerprint density at radius 3 is 2.82 bits per heavy atom. The second-order valence-electron chi connectivity index (χ2n) is 7.18. The summed E-state index contributed by atoms with van der Waals surface area (Å²) >= 11 is 0. The molecule has 3 rings (SSSR count). The third kappa shape index (κ3) is 4.18. The number of rotatable bonds is 6. The Hall–Kier alpha value is -2.83. The van der Waals surface area contributed by atoms with Gasteiger partial charge in [0.25, 0.3) is 5.91 Å². The number of likely N-dealkylation sites (tertiary alicyclic amines) is 1. The average molecular weight is 386 g/mol. The summed E-state index contributed by atoms with van der Waals surface area (Å²) in [5.41, 5.74) is 0.437. The van der Waals surface area contributed by atoms with Crippen molar-refractivity contribution in [3.8, 4) is 5.75 Å². The summed E-state index contributed by atoms with van der Waals surface area (Å²) < 4.78 is 15.7. The Bertz CT molecular complexity index is 847. The molecular weight excluding hydrogens is 360 g/mol. The molecule has 1 fully saturated rings. The molecule has 28 heavy (non-hydrogen) atoms. The lowest BCUT2D eigenvalue weighted by molar-refractivity contribution is -0.158. The molecule has 0 saturated carbocycles. The number of carbonyl (C=O) groups is 2. The van der Waals surface area contributed by atoms with Gasteiger partial charge in [-0.15, -0.1) is 0 Å². The van der Waals surface area contributed by atoms with E-state index in [1.165, 1.54) is 0 Å². The smallest absolute Gasteiger partial charge is 0.314 e. The Balaban J connectivity index is 1.87. The van der Waals surface area contributed by atoms with E-state index in [1.807, 2.05) is 24.3 Å². The second-order valence-corrected chi connectivity index (χ2v) is 7.18. The van der Waals surface area contributed by atoms with E-state index in [0.29, 0.717) is 38.2 Å². The molecule has 0 unspecified atom stereocenters. The number of esters is 1. The topological polar surface area (TPSA) is 81.9 Å². The lowest BCUT2D eigenvalue weighted by atomic mass is 9.75. The third-order valence-electron chi connectivity index (χ3n) is 5.10. The number of methoxy groups -OCH3 is 1. The van der Waals surface area contributed by atoms with E-state index in [0.717, 1.165) is 11.3 Å². The Kier molecular flexibility index (Phi) is 6.02. The summed E-state index contributed by atoms with van der Waals surface area (Å²) in [4.78, 5) is 27.5. The van der Waals surface area contributed by atoms with Gasteiger partial charge in [0.05, 0.1) is 19.1 Å². The van der Waals surface area contributed by atoms with Gasteiger partial charge in [0, 0.05) is 19.2 Å². The fourth-order valence-electron chi connectivity index (χ4n) is 3.77. The molecule has 150 valence electrons. The zero-order valence-corrected chi connectivity index (χ0v) is 16.6. The highest BCUT2D eigenvalue weighted by Crippen LogP contribution is 2.36. The lowest BCUT2D eigenvalue weighted by Gasteiger charge is -2.40. The quantitative estimate of drug-likeness (QED) is 0.710.